The van der Waals surface area contributed by atoms with Crippen molar-refractivity contribution >= 4 is 34.6 Å². The first-order valence-corrected chi connectivity index (χ1v) is 7.17. The summed E-state index contributed by atoms with van der Waals surface area (Å²) < 4.78 is 0. The van der Waals surface area contributed by atoms with Crippen LogP contribution in [0.5, 0.6) is 0 Å². The van der Waals surface area contributed by atoms with Crippen molar-refractivity contribution in [1.29, 1.82) is 0 Å². The number of benzene rings is 2. The number of hydrogen-bond acceptors (Lipinski definition) is 2. The van der Waals surface area contributed by atoms with Crippen molar-refractivity contribution in [3.8, 4) is 0 Å². The van der Waals surface area contributed by atoms with Gasteiger partial charge in [-0.15, -0.1) is 11.6 Å². The summed E-state index contributed by atoms with van der Waals surface area (Å²) in [4.78, 5) is 14.6. The van der Waals surface area contributed by atoms with Crippen LogP contribution >= 0.6 is 11.6 Å². The van der Waals surface area contributed by atoms with Crippen molar-refractivity contribution < 1.29 is 4.79 Å². The Labute approximate surface area is 123 Å². The number of para-hydroxylation sites is 3. The third-order valence-electron chi connectivity index (χ3n) is 3.38. The van der Waals surface area contributed by atoms with E-state index in [9.17, 15) is 4.79 Å². The number of carbonyl (C=O) groups is 1. The highest BCUT2D eigenvalue weighted by Gasteiger charge is 2.25. The lowest BCUT2D eigenvalue weighted by Gasteiger charge is -2.22. The van der Waals surface area contributed by atoms with Gasteiger partial charge >= 0.3 is 0 Å². The number of rotatable bonds is 3. The smallest absolute Gasteiger partial charge is 0.260 e. The van der Waals surface area contributed by atoms with E-state index in [4.69, 9.17) is 11.6 Å². The maximum atomic E-state index is 12.7. The molecule has 102 valence electrons. The predicted octanol–water partition coefficient (Wildman–Crippen LogP) is 4.02. The molecule has 1 amide bonds. The highest BCUT2D eigenvalue weighted by atomic mass is 35.5. The molecule has 0 spiro atoms. The van der Waals surface area contributed by atoms with Crippen LogP contribution in [0, 0.1) is 0 Å². The van der Waals surface area contributed by atoms with Gasteiger partial charge in [0.05, 0.1) is 22.6 Å². The van der Waals surface area contributed by atoms with Crippen molar-refractivity contribution in [2.75, 3.05) is 22.6 Å². The zero-order chi connectivity index (χ0) is 13.9. The van der Waals surface area contributed by atoms with Gasteiger partial charge in [-0.25, -0.2) is 0 Å². The van der Waals surface area contributed by atoms with E-state index in [0.29, 0.717) is 18.0 Å². The fourth-order valence-electron chi connectivity index (χ4n) is 2.43. The van der Waals surface area contributed by atoms with Gasteiger partial charge < -0.3 is 10.2 Å². The first kappa shape index (κ1) is 13.0. The number of carbonyl (C=O) groups excluding carboxylic acids is 1. The Kier molecular flexibility index (Phi) is 3.61. The van der Waals surface area contributed by atoms with E-state index in [1.165, 1.54) is 0 Å². The lowest BCUT2D eigenvalue weighted by atomic mass is 10.1. The van der Waals surface area contributed by atoms with Gasteiger partial charge in [0.2, 0.25) is 0 Å². The molecule has 0 aliphatic carbocycles. The van der Waals surface area contributed by atoms with Gasteiger partial charge in [-0.05, 0) is 30.7 Å². The highest BCUT2D eigenvalue weighted by molar-refractivity contribution is 6.18. The second kappa shape index (κ2) is 5.55. The zero-order valence-corrected chi connectivity index (χ0v) is 11.7. The Morgan fingerprint density at radius 1 is 1.00 bits per heavy atom. The van der Waals surface area contributed by atoms with E-state index in [1.54, 1.807) is 4.90 Å². The first-order chi connectivity index (χ1) is 9.81. The number of fused-ring (bicyclic) bond motifs is 2. The van der Waals surface area contributed by atoms with Crippen LogP contribution in [0.4, 0.5) is 17.1 Å². The molecule has 2 aromatic rings. The average Bonchev–Trinajstić information content (AvgIpc) is 2.60. The fraction of sp³-hybridized carbons (Fsp3) is 0.188. The minimum Gasteiger partial charge on any atom is -0.353 e. The van der Waals surface area contributed by atoms with Crippen molar-refractivity contribution in [3.05, 3.63) is 54.1 Å². The zero-order valence-electron chi connectivity index (χ0n) is 11.0. The summed E-state index contributed by atoms with van der Waals surface area (Å²) in [5.74, 6) is 0.560. The number of alkyl halides is 1. The van der Waals surface area contributed by atoms with Crippen LogP contribution in [0.15, 0.2) is 48.5 Å². The topological polar surface area (TPSA) is 32.3 Å². The Morgan fingerprint density at radius 2 is 1.70 bits per heavy atom. The molecule has 0 fully saturated rings. The SMILES string of the molecule is O=C1c2ccccc2Nc2ccccc2N1CCCCl. The maximum absolute atomic E-state index is 12.7. The molecule has 1 N–H and O–H groups in total. The lowest BCUT2D eigenvalue weighted by molar-refractivity contribution is 0.0988. The molecule has 0 saturated heterocycles. The van der Waals surface area contributed by atoms with E-state index in [2.05, 4.69) is 5.32 Å². The van der Waals surface area contributed by atoms with E-state index in [0.717, 1.165) is 23.5 Å². The summed E-state index contributed by atoms with van der Waals surface area (Å²) in [6.07, 6.45) is 0.768. The fourth-order valence-corrected chi connectivity index (χ4v) is 2.55. The second-order valence-corrected chi connectivity index (χ2v) is 5.07. The maximum Gasteiger partial charge on any atom is 0.260 e. The van der Waals surface area contributed by atoms with E-state index in [-0.39, 0.29) is 5.91 Å². The summed E-state index contributed by atoms with van der Waals surface area (Å²) >= 11 is 5.78. The van der Waals surface area contributed by atoms with Crippen molar-refractivity contribution in [2.45, 2.75) is 6.42 Å². The van der Waals surface area contributed by atoms with Crippen LogP contribution in [0.25, 0.3) is 0 Å². The molecule has 0 aromatic heterocycles. The third kappa shape index (κ3) is 2.25. The van der Waals surface area contributed by atoms with Crippen LogP contribution in [0.3, 0.4) is 0 Å². The van der Waals surface area contributed by atoms with E-state index in [1.807, 2.05) is 48.5 Å². The molecule has 3 rings (SSSR count). The van der Waals surface area contributed by atoms with E-state index >= 15 is 0 Å². The first-order valence-electron chi connectivity index (χ1n) is 6.64. The molecular weight excluding hydrogens is 272 g/mol. The van der Waals surface area contributed by atoms with Gasteiger partial charge in [0, 0.05) is 12.4 Å². The van der Waals surface area contributed by atoms with Crippen LogP contribution in [0.1, 0.15) is 16.8 Å². The van der Waals surface area contributed by atoms with Gasteiger partial charge in [0.25, 0.3) is 5.91 Å². The predicted molar refractivity (Wildman–Crippen MR) is 83.2 cm³/mol. The second-order valence-electron chi connectivity index (χ2n) is 4.69. The molecule has 0 saturated carbocycles. The molecule has 3 nitrogen and oxygen atoms in total. The molecule has 0 atom stereocenters. The molecule has 0 unspecified atom stereocenters. The molecule has 0 radical (unpaired) electrons. The number of nitrogens with one attached hydrogen (secondary N) is 1. The van der Waals surface area contributed by atoms with E-state index < -0.39 is 0 Å². The molecule has 0 bridgehead atoms. The molecule has 20 heavy (non-hydrogen) atoms. The summed E-state index contributed by atoms with van der Waals surface area (Å²) in [6, 6.07) is 15.4. The van der Waals surface area contributed by atoms with Crippen molar-refractivity contribution in [1.82, 2.24) is 0 Å². The van der Waals surface area contributed by atoms with Gasteiger partial charge in [-0.1, -0.05) is 24.3 Å². The number of hydrogen-bond donors (Lipinski definition) is 1. The number of halogens is 1. The van der Waals surface area contributed by atoms with Crippen LogP contribution in [-0.2, 0) is 0 Å². The number of nitrogens with zero attached hydrogens (tertiary/aromatic N) is 1. The largest absolute Gasteiger partial charge is 0.353 e. The van der Waals surface area contributed by atoms with Crippen LogP contribution in [0.2, 0.25) is 0 Å². The minimum atomic E-state index is 0.0168. The molecule has 1 aliphatic heterocycles. The third-order valence-corrected chi connectivity index (χ3v) is 3.65. The number of anilines is 3. The Hall–Kier alpha value is -2.00. The van der Waals surface area contributed by atoms with Gasteiger partial charge in [-0.2, -0.15) is 0 Å². The van der Waals surface area contributed by atoms with Gasteiger partial charge in [-0.3, -0.25) is 4.79 Å². The normalized spacial score (nSPS) is 13.2. The summed E-state index contributed by atoms with van der Waals surface area (Å²) in [5, 5.41) is 3.34. The molecular formula is C16H15ClN2O. The Morgan fingerprint density at radius 3 is 2.50 bits per heavy atom. The standard InChI is InChI=1S/C16H15ClN2O/c17-10-5-11-19-15-9-4-3-8-14(15)18-13-7-2-1-6-12(13)16(19)20/h1-4,6-9,18H,5,10-11H2. The molecule has 4 heteroatoms. The minimum absolute atomic E-state index is 0.0168. The van der Waals surface area contributed by atoms with Crippen LogP contribution < -0.4 is 10.2 Å². The molecule has 1 heterocycles. The summed E-state index contributed by atoms with van der Waals surface area (Å²) in [7, 11) is 0. The summed E-state index contributed by atoms with van der Waals surface area (Å²) in [6.45, 7) is 0.620. The lowest BCUT2D eigenvalue weighted by Crippen LogP contribution is -2.31. The Bertz CT molecular complexity index is 642. The van der Waals surface area contributed by atoms with Gasteiger partial charge in [0.1, 0.15) is 0 Å². The van der Waals surface area contributed by atoms with Crippen molar-refractivity contribution in [2.24, 2.45) is 0 Å². The molecule has 2 aromatic carbocycles. The quantitative estimate of drug-likeness (QED) is 0.864. The Balaban J connectivity index is 2.11. The molecule has 1 aliphatic rings. The van der Waals surface area contributed by atoms with Crippen molar-refractivity contribution in [3.63, 3.8) is 0 Å². The van der Waals surface area contributed by atoms with Crippen LogP contribution in [-0.4, -0.2) is 18.3 Å². The average molecular weight is 287 g/mol. The monoisotopic (exact) mass is 286 g/mol. The highest BCUT2D eigenvalue weighted by Crippen LogP contribution is 2.35. The number of amides is 1. The van der Waals surface area contributed by atoms with Gasteiger partial charge in [0.15, 0.2) is 0 Å². The summed E-state index contributed by atoms with van der Waals surface area (Å²) in [5.41, 5.74) is 3.38.